The molecule has 1 unspecified atom stereocenters. The number of rotatable bonds is 5. The average Bonchev–Trinajstić information content (AvgIpc) is 2.50. The third kappa shape index (κ3) is 3.14. The van der Waals surface area contributed by atoms with Gasteiger partial charge in [-0.05, 0) is 26.3 Å². The van der Waals surface area contributed by atoms with E-state index in [4.69, 9.17) is 0 Å². The smallest absolute Gasteiger partial charge is 0.105 e. The molecule has 0 aromatic carbocycles. The van der Waals surface area contributed by atoms with Crippen LogP contribution in [0, 0.1) is 12.8 Å². The highest BCUT2D eigenvalue weighted by Gasteiger charge is 2.06. The molecule has 1 N–H and O–H groups in total. The van der Waals surface area contributed by atoms with Gasteiger partial charge in [0, 0.05) is 25.0 Å². The van der Waals surface area contributed by atoms with Gasteiger partial charge in [0.15, 0.2) is 0 Å². The lowest BCUT2D eigenvalue weighted by Gasteiger charge is -2.16. The summed E-state index contributed by atoms with van der Waals surface area (Å²) in [6.45, 7) is 10.8. The first kappa shape index (κ1) is 11.2. The zero-order valence-corrected chi connectivity index (χ0v) is 9.62. The van der Waals surface area contributed by atoms with E-state index >= 15 is 0 Å². The molecule has 0 saturated heterocycles. The summed E-state index contributed by atoms with van der Waals surface area (Å²) in [4.78, 5) is 4.22. The Labute approximate surface area is 86.5 Å². The summed E-state index contributed by atoms with van der Waals surface area (Å²) in [5.41, 5.74) is 0. The van der Waals surface area contributed by atoms with Gasteiger partial charge in [-0.25, -0.2) is 4.98 Å². The fraction of sp³-hybridized carbons (Fsp3) is 0.727. The summed E-state index contributed by atoms with van der Waals surface area (Å²) in [5, 5.41) is 3.45. The van der Waals surface area contributed by atoms with Crippen molar-refractivity contribution >= 4 is 0 Å². The first-order valence-corrected chi connectivity index (χ1v) is 5.31. The van der Waals surface area contributed by atoms with E-state index in [-0.39, 0.29) is 0 Å². The Bertz CT molecular complexity index is 265. The molecule has 1 rings (SSSR count). The summed E-state index contributed by atoms with van der Waals surface area (Å²) >= 11 is 0. The molecule has 3 heteroatoms. The molecule has 1 heterocycles. The maximum atomic E-state index is 4.22. The molecule has 0 amide bonds. The number of nitrogens with one attached hydrogen (secondary N) is 1. The molecule has 0 aliphatic carbocycles. The Balaban J connectivity index is 2.36. The van der Waals surface area contributed by atoms with Crippen LogP contribution in [0.3, 0.4) is 0 Å². The second kappa shape index (κ2) is 5.15. The Morgan fingerprint density at radius 2 is 2.07 bits per heavy atom. The van der Waals surface area contributed by atoms with Gasteiger partial charge in [-0.2, -0.15) is 0 Å². The monoisotopic (exact) mass is 195 g/mol. The SMILES string of the molecule is Cc1nccn1C(C)CNCC(C)C. The minimum Gasteiger partial charge on any atom is -0.331 e. The van der Waals surface area contributed by atoms with E-state index in [1.807, 2.05) is 19.3 Å². The molecule has 0 spiro atoms. The Kier molecular flexibility index (Phi) is 4.14. The van der Waals surface area contributed by atoms with E-state index in [2.05, 4.69) is 35.6 Å². The number of hydrogen-bond acceptors (Lipinski definition) is 2. The molecule has 1 atom stereocenters. The summed E-state index contributed by atoms with van der Waals surface area (Å²) in [6, 6.07) is 0.483. The molecule has 0 saturated carbocycles. The highest BCUT2D eigenvalue weighted by Crippen LogP contribution is 2.06. The summed E-state index contributed by atoms with van der Waals surface area (Å²) in [7, 11) is 0. The summed E-state index contributed by atoms with van der Waals surface area (Å²) in [5.74, 6) is 1.80. The fourth-order valence-electron chi connectivity index (χ4n) is 1.53. The summed E-state index contributed by atoms with van der Waals surface area (Å²) in [6.07, 6.45) is 3.89. The standard InChI is InChI=1S/C11H21N3/c1-9(2)7-12-8-10(3)14-6-5-13-11(14)4/h5-6,9-10,12H,7-8H2,1-4H3. The van der Waals surface area contributed by atoms with Crippen molar-refractivity contribution < 1.29 is 0 Å². The number of nitrogens with zero attached hydrogens (tertiary/aromatic N) is 2. The molecular weight excluding hydrogens is 174 g/mol. The van der Waals surface area contributed by atoms with Crippen LogP contribution in [0.1, 0.15) is 32.6 Å². The van der Waals surface area contributed by atoms with Crippen molar-refractivity contribution in [1.29, 1.82) is 0 Å². The van der Waals surface area contributed by atoms with Crippen LogP contribution in [0.25, 0.3) is 0 Å². The van der Waals surface area contributed by atoms with Gasteiger partial charge in [0.1, 0.15) is 5.82 Å². The van der Waals surface area contributed by atoms with Crippen molar-refractivity contribution in [2.24, 2.45) is 5.92 Å². The lowest BCUT2D eigenvalue weighted by molar-refractivity contribution is 0.457. The van der Waals surface area contributed by atoms with Gasteiger partial charge < -0.3 is 9.88 Å². The molecule has 0 radical (unpaired) electrons. The average molecular weight is 195 g/mol. The topological polar surface area (TPSA) is 29.9 Å². The van der Waals surface area contributed by atoms with Crippen molar-refractivity contribution in [3.05, 3.63) is 18.2 Å². The van der Waals surface area contributed by atoms with Gasteiger partial charge in [0.25, 0.3) is 0 Å². The van der Waals surface area contributed by atoms with E-state index in [1.54, 1.807) is 0 Å². The number of aromatic nitrogens is 2. The van der Waals surface area contributed by atoms with Crippen LogP contribution in [0.4, 0.5) is 0 Å². The first-order chi connectivity index (χ1) is 6.61. The van der Waals surface area contributed by atoms with E-state index in [9.17, 15) is 0 Å². The molecule has 0 fully saturated rings. The lowest BCUT2D eigenvalue weighted by Crippen LogP contribution is -2.27. The van der Waals surface area contributed by atoms with Gasteiger partial charge >= 0.3 is 0 Å². The van der Waals surface area contributed by atoms with Crippen LogP contribution < -0.4 is 5.32 Å². The van der Waals surface area contributed by atoms with Crippen LogP contribution >= 0.6 is 0 Å². The van der Waals surface area contributed by atoms with Crippen molar-refractivity contribution in [2.75, 3.05) is 13.1 Å². The molecule has 3 nitrogen and oxygen atoms in total. The number of imidazole rings is 1. The van der Waals surface area contributed by atoms with Crippen LogP contribution in [-0.4, -0.2) is 22.6 Å². The van der Waals surface area contributed by atoms with E-state index in [0.29, 0.717) is 12.0 Å². The highest BCUT2D eigenvalue weighted by molar-refractivity contribution is 4.91. The zero-order valence-electron chi connectivity index (χ0n) is 9.62. The molecule has 14 heavy (non-hydrogen) atoms. The van der Waals surface area contributed by atoms with Crippen molar-refractivity contribution in [1.82, 2.24) is 14.9 Å². The van der Waals surface area contributed by atoms with E-state index in [1.165, 1.54) is 0 Å². The minimum absolute atomic E-state index is 0.483. The van der Waals surface area contributed by atoms with Gasteiger partial charge in [-0.3, -0.25) is 0 Å². The first-order valence-electron chi connectivity index (χ1n) is 5.31. The molecule has 80 valence electrons. The minimum atomic E-state index is 0.483. The van der Waals surface area contributed by atoms with Gasteiger partial charge in [0.2, 0.25) is 0 Å². The Morgan fingerprint density at radius 3 is 2.57 bits per heavy atom. The van der Waals surface area contributed by atoms with Gasteiger partial charge in [-0.15, -0.1) is 0 Å². The van der Waals surface area contributed by atoms with Gasteiger partial charge in [0.05, 0.1) is 0 Å². The molecule has 0 bridgehead atoms. The van der Waals surface area contributed by atoms with Crippen molar-refractivity contribution in [3.63, 3.8) is 0 Å². The van der Waals surface area contributed by atoms with Crippen molar-refractivity contribution in [3.8, 4) is 0 Å². The molecule has 0 aliphatic rings. The normalized spacial score (nSPS) is 13.5. The second-order valence-corrected chi connectivity index (χ2v) is 4.28. The van der Waals surface area contributed by atoms with Crippen LogP contribution in [0.15, 0.2) is 12.4 Å². The quantitative estimate of drug-likeness (QED) is 0.778. The molecular formula is C11H21N3. The maximum absolute atomic E-state index is 4.22. The fourth-order valence-corrected chi connectivity index (χ4v) is 1.53. The number of aryl methyl sites for hydroxylation is 1. The van der Waals surface area contributed by atoms with Crippen LogP contribution in [-0.2, 0) is 0 Å². The van der Waals surface area contributed by atoms with Gasteiger partial charge in [-0.1, -0.05) is 13.8 Å². The predicted molar refractivity (Wildman–Crippen MR) is 59.4 cm³/mol. The number of hydrogen-bond donors (Lipinski definition) is 1. The van der Waals surface area contributed by atoms with Crippen molar-refractivity contribution in [2.45, 2.75) is 33.7 Å². The third-order valence-electron chi connectivity index (χ3n) is 2.33. The molecule has 1 aromatic heterocycles. The van der Waals surface area contributed by atoms with E-state index < -0.39 is 0 Å². The van der Waals surface area contributed by atoms with E-state index in [0.717, 1.165) is 18.9 Å². The Hall–Kier alpha value is -0.830. The third-order valence-corrected chi connectivity index (χ3v) is 2.33. The predicted octanol–water partition coefficient (Wildman–Crippen LogP) is 2.00. The largest absolute Gasteiger partial charge is 0.331 e. The van der Waals surface area contributed by atoms with Crippen LogP contribution in [0.2, 0.25) is 0 Å². The summed E-state index contributed by atoms with van der Waals surface area (Å²) < 4.78 is 2.20. The molecule has 1 aromatic rings. The highest BCUT2D eigenvalue weighted by atomic mass is 15.1. The maximum Gasteiger partial charge on any atom is 0.105 e. The second-order valence-electron chi connectivity index (χ2n) is 4.28. The zero-order chi connectivity index (χ0) is 10.6. The Morgan fingerprint density at radius 1 is 1.36 bits per heavy atom. The molecule has 0 aliphatic heterocycles. The van der Waals surface area contributed by atoms with Crippen LogP contribution in [0.5, 0.6) is 0 Å². The lowest BCUT2D eigenvalue weighted by atomic mass is 10.2.